The molecule has 1 aromatic heterocycles. The zero-order valence-electron chi connectivity index (χ0n) is 6.67. The third-order valence-electron chi connectivity index (χ3n) is 1.49. The van der Waals surface area contributed by atoms with E-state index in [4.69, 9.17) is 5.73 Å². The molecule has 0 bridgehead atoms. The van der Waals surface area contributed by atoms with E-state index in [0.717, 1.165) is 23.5 Å². The Kier molecular flexibility index (Phi) is 2.26. The molecule has 0 saturated heterocycles. The van der Waals surface area contributed by atoms with Crippen molar-refractivity contribution in [1.82, 2.24) is 4.98 Å². The van der Waals surface area contributed by atoms with Crippen LogP contribution in [0, 0.1) is 0 Å². The minimum Gasteiger partial charge on any atom is -0.399 e. The summed E-state index contributed by atoms with van der Waals surface area (Å²) in [6.45, 7) is 5.68. The topological polar surface area (TPSA) is 38.9 Å². The van der Waals surface area contributed by atoms with E-state index in [1.165, 1.54) is 0 Å². The molecule has 0 atom stereocenters. The van der Waals surface area contributed by atoms with E-state index in [0.29, 0.717) is 0 Å². The Balaban J connectivity index is 3.11. The van der Waals surface area contributed by atoms with E-state index in [1.54, 1.807) is 6.08 Å². The van der Waals surface area contributed by atoms with Crippen LogP contribution in [-0.2, 0) is 6.42 Å². The zero-order chi connectivity index (χ0) is 8.27. The molecule has 1 heterocycles. The number of nitrogens with zero attached hydrogens (tertiary/aromatic N) is 1. The molecule has 2 nitrogen and oxygen atoms in total. The average molecular weight is 148 g/mol. The molecule has 1 aromatic rings. The molecular formula is C9H12N2. The van der Waals surface area contributed by atoms with Crippen molar-refractivity contribution in [2.75, 3.05) is 5.73 Å². The van der Waals surface area contributed by atoms with Gasteiger partial charge < -0.3 is 5.73 Å². The standard InChI is InChI=1S/C9H12N2/c1-3-8-5-7(10)6-9(4-2)11-8/h3,5-6H,1,4H2,2H3,(H2,10,11). The van der Waals surface area contributed by atoms with Crippen molar-refractivity contribution < 1.29 is 0 Å². The fourth-order valence-corrected chi connectivity index (χ4v) is 0.921. The molecular weight excluding hydrogens is 136 g/mol. The number of nitrogen functional groups attached to an aromatic ring is 1. The summed E-state index contributed by atoms with van der Waals surface area (Å²) in [6.07, 6.45) is 2.61. The lowest BCUT2D eigenvalue weighted by molar-refractivity contribution is 1.03. The Morgan fingerprint density at radius 3 is 2.91 bits per heavy atom. The van der Waals surface area contributed by atoms with E-state index in [1.807, 2.05) is 12.1 Å². The predicted molar refractivity (Wildman–Crippen MR) is 48.1 cm³/mol. The summed E-state index contributed by atoms with van der Waals surface area (Å²) < 4.78 is 0. The molecule has 0 unspecified atom stereocenters. The van der Waals surface area contributed by atoms with Crippen molar-refractivity contribution >= 4 is 11.8 Å². The molecule has 11 heavy (non-hydrogen) atoms. The first-order valence-corrected chi connectivity index (χ1v) is 3.65. The molecule has 0 saturated carbocycles. The lowest BCUT2D eigenvalue weighted by Gasteiger charge is -2.00. The largest absolute Gasteiger partial charge is 0.399 e. The third-order valence-corrected chi connectivity index (χ3v) is 1.49. The Labute approximate surface area is 66.8 Å². The summed E-state index contributed by atoms with van der Waals surface area (Å²) in [7, 11) is 0. The van der Waals surface area contributed by atoms with Gasteiger partial charge in [0.1, 0.15) is 0 Å². The highest BCUT2D eigenvalue weighted by atomic mass is 14.7. The van der Waals surface area contributed by atoms with Crippen molar-refractivity contribution in [3.05, 3.63) is 30.1 Å². The number of aryl methyl sites for hydroxylation is 1. The van der Waals surface area contributed by atoms with Gasteiger partial charge in [-0.2, -0.15) is 0 Å². The lowest BCUT2D eigenvalue weighted by Crippen LogP contribution is -1.93. The van der Waals surface area contributed by atoms with Gasteiger partial charge in [-0.05, 0) is 24.6 Å². The van der Waals surface area contributed by atoms with Crippen molar-refractivity contribution in [2.24, 2.45) is 0 Å². The summed E-state index contributed by atoms with van der Waals surface area (Å²) in [5.41, 5.74) is 8.24. The number of hydrogen-bond donors (Lipinski definition) is 1. The van der Waals surface area contributed by atoms with Gasteiger partial charge in [-0.25, -0.2) is 0 Å². The molecule has 0 amide bonds. The number of aromatic nitrogens is 1. The molecule has 2 heteroatoms. The van der Waals surface area contributed by atoms with Gasteiger partial charge in [-0.1, -0.05) is 13.5 Å². The smallest absolute Gasteiger partial charge is 0.0647 e. The molecule has 0 aliphatic heterocycles. The van der Waals surface area contributed by atoms with Gasteiger partial charge in [0.15, 0.2) is 0 Å². The Bertz CT molecular complexity index is 266. The fourth-order valence-electron chi connectivity index (χ4n) is 0.921. The minimum absolute atomic E-state index is 0.756. The maximum atomic E-state index is 5.62. The van der Waals surface area contributed by atoms with E-state index >= 15 is 0 Å². The molecule has 0 radical (unpaired) electrons. The van der Waals surface area contributed by atoms with Crippen LogP contribution in [0.4, 0.5) is 5.69 Å². The number of rotatable bonds is 2. The monoisotopic (exact) mass is 148 g/mol. The second kappa shape index (κ2) is 3.19. The van der Waals surface area contributed by atoms with E-state index in [9.17, 15) is 0 Å². The maximum Gasteiger partial charge on any atom is 0.0647 e. The Morgan fingerprint density at radius 1 is 1.64 bits per heavy atom. The highest BCUT2D eigenvalue weighted by molar-refractivity contribution is 5.51. The van der Waals surface area contributed by atoms with Crippen LogP contribution >= 0.6 is 0 Å². The Hall–Kier alpha value is -1.31. The van der Waals surface area contributed by atoms with Crippen LogP contribution in [0.1, 0.15) is 18.3 Å². The van der Waals surface area contributed by atoms with Crippen molar-refractivity contribution in [3.63, 3.8) is 0 Å². The molecule has 0 spiro atoms. The number of pyridine rings is 1. The summed E-state index contributed by atoms with van der Waals surface area (Å²) in [5, 5.41) is 0. The van der Waals surface area contributed by atoms with Crippen LogP contribution in [0.3, 0.4) is 0 Å². The van der Waals surface area contributed by atoms with Gasteiger partial charge in [0, 0.05) is 11.4 Å². The average Bonchev–Trinajstić information content (AvgIpc) is 2.03. The first-order valence-electron chi connectivity index (χ1n) is 3.65. The van der Waals surface area contributed by atoms with Gasteiger partial charge in [-0.15, -0.1) is 0 Å². The van der Waals surface area contributed by atoms with Crippen LogP contribution in [0.15, 0.2) is 18.7 Å². The number of nitrogens with two attached hydrogens (primary N) is 1. The highest BCUT2D eigenvalue weighted by Crippen LogP contribution is 2.08. The molecule has 0 aromatic carbocycles. The maximum absolute atomic E-state index is 5.62. The second-order valence-corrected chi connectivity index (χ2v) is 2.37. The van der Waals surface area contributed by atoms with E-state index < -0.39 is 0 Å². The van der Waals surface area contributed by atoms with Gasteiger partial charge >= 0.3 is 0 Å². The molecule has 58 valence electrons. The first-order chi connectivity index (χ1) is 5.26. The molecule has 1 rings (SSSR count). The van der Waals surface area contributed by atoms with Gasteiger partial charge in [0.05, 0.1) is 5.69 Å². The van der Waals surface area contributed by atoms with Gasteiger partial charge in [0.2, 0.25) is 0 Å². The second-order valence-electron chi connectivity index (χ2n) is 2.37. The third kappa shape index (κ3) is 1.80. The number of anilines is 1. The predicted octanol–water partition coefficient (Wildman–Crippen LogP) is 1.87. The zero-order valence-corrected chi connectivity index (χ0v) is 6.67. The molecule has 0 aliphatic carbocycles. The fraction of sp³-hybridized carbons (Fsp3) is 0.222. The quantitative estimate of drug-likeness (QED) is 0.695. The summed E-state index contributed by atoms with van der Waals surface area (Å²) in [6, 6.07) is 3.69. The van der Waals surface area contributed by atoms with E-state index in [-0.39, 0.29) is 0 Å². The molecule has 0 fully saturated rings. The minimum atomic E-state index is 0.756. The number of hydrogen-bond acceptors (Lipinski definition) is 2. The summed E-state index contributed by atoms with van der Waals surface area (Å²) >= 11 is 0. The molecule has 0 aliphatic rings. The normalized spacial score (nSPS) is 9.55. The van der Waals surface area contributed by atoms with E-state index in [2.05, 4.69) is 18.5 Å². The van der Waals surface area contributed by atoms with Crippen LogP contribution in [0.25, 0.3) is 6.08 Å². The van der Waals surface area contributed by atoms with Crippen molar-refractivity contribution in [3.8, 4) is 0 Å². The summed E-state index contributed by atoms with van der Waals surface area (Å²) in [4.78, 5) is 4.27. The summed E-state index contributed by atoms with van der Waals surface area (Å²) in [5.74, 6) is 0. The first kappa shape index (κ1) is 7.79. The van der Waals surface area contributed by atoms with Crippen LogP contribution in [0.5, 0.6) is 0 Å². The van der Waals surface area contributed by atoms with Crippen LogP contribution < -0.4 is 5.73 Å². The van der Waals surface area contributed by atoms with Crippen molar-refractivity contribution in [1.29, 1.82) is 0 Å². The van der Waals surface area contributed by atoms with Crippen molar-refractivity contribution in [2.45, 2.75) is 13.3 Å². The molecule has 2 N–H and O–H groups in total. The highest BCUT2D eigenvalue weighted by Gasteiger charge is 1.94. The van der Waals surface area contributed by atoms with Gasteiger partial charge in [-0.3, -0.25) is 4.98 Å². The van der Waals surface area contributed by atoms with Gasteiger partial charge in [0.25, 0.3) is 0 Å². The van der Waals surface area contributed by atoms with Crippen LogP contribution in [0.2, 0.25) is 0 Å². The SMILES string of the molecule is C=Cc1cc(N)cc(CC)n1. The lowest BCUT2D eigenvalue weighted by atomic mass is 10.2. The van der Waals surface area contributed by atoms with Crippen LogP contribution in [-0.4, -0.2) is 4.98 Å². The Morgan fingerprint density at radius 2 is 2.36 bits per heavy atom.